The Hall–Kier alpha value is -2.32. The third kappa shape index (κ3) is 3.47. The molecule has 0 heterocycles. The number of nitrogens with one attached hydrogen (secondary N) is 1. The molecule has 0 fully saturated rings. The average Bonchev–Trinajstić information content (AvgIpc) is 2.71. The lowest BCUT2D eigenvalue weighted by Crippen LogP contribution is -2.02. The van der Waals surface area contributed by atoms with E-state index in [0.29, 0.717) is 0 Å². The molecule has 1 nitrogen and oxygen atoms in total. The van der Waals surface area contributed by atoms with Crippen molar-refractivity contribution in [2.75, 3.05) is 11.9 Å². The summed E-state index contributed by atoms with van der Waals surface area (Å²) in [4.78, 5) is 0. The first kappa shape index (κ1) is 17.1. The van der Waals surface area contributed by atoms with Crippen molar-refractivity contribution in [3.05, 3.63) is 88.9 Å². The summed E-state index contributed by atoms with van der Waals surface area (Å²) in [5.41, 5.74) is 2.63. The van der Waals surface area contributed by atoms with Crippen LogP contribution in [0.2, 0.25) is 0 Å². The van der Waals surface area contributed by atoms with Crippen LogP contribution in [0.3, 0.4) is 0 Å². The van der Waals surface area contributed by atoms with E-state index >= 15 is 0 Å². The topological polar surface area (TPSA) is 12.0 Å². The van der Waals surface area contributed by atoms with Crippen LogP contribution < -0.4 is 5.32 Å². The van der Waals surface area contributed by atoms with Gasteiger partial charge in [-0.2, -0.15) is 0 Å². The van der Waals surface area contributed by atoms with E-state index in [4.69, 9.17) is 0 Å². The van der Waals surface area contributed by atoms with E-state index in [-0.39, 0.29) is 0 Å². The first-order valence-electron chi connectivity index (χ1n) is 9.21. The van der Waals surface area contributed by atoms with Gasteiger partial charge in [0.25, 0.3) is 0 Å². The van der Waals surface area contributed by atoms with Crippen molar-refractivity contribution in [1.29, 1.82) is 0 Å². The molecule has 0 bridgehead atoms. The zero-order chi connectivity index (χ0) is 17.8. The predicted molar refractivity (Wildman–Crippen MR) is 117 cm³/mol. The van der Waals surface area contributed by atoms with E-state index in [1.807, 2.05) is 6.07 Å². The molecule has 0 atom stereocenters. The molecule has 0 amide bonds. The van der Waals surface area contributed by atoms with E-state index in [1.165, 1.54) is 43.7 Å². The van der Waals surface area contributed by atoms with E-state index in [9.17, 15) is 0 Å². The molecule has 0 aliphatic heterocycles. The molecule has 0 unspecified atom stereocenters. The number of hydrogen-bond donors (Lipinski definition) is 1. The number of aryl methyl sites for hydroxylation is 1. The number of halogens is 1. The number of anilines is 1. The minimum Gasteiger partial charge on any atom is -0.385 e. The molecule has 4 aromatic rings. The number of para-hydroxylation sites is 1. The van der Waals surface area contributed by atoms with Gasteiger partial charge in [0.1, 0.15) is 0 Å². The SMILES string of the molecule is Brc1c(CCCCNc2ccccc2)c2ccccc2c2ccccc12. The van der Waals surface area contributed by atoms with Crippen molar-refractivity contribution in [1.82, 2.24) is 0 Å². The number of rotatable bonds is 6. The molecule has 0 aromatic heterocycles. The fourth-order valence-corrected chi connectivity index (χ4v) is 4.39. The highest BCUT2D eigenvalue weighted by Crippen LogP contribution is 2.36. The van der Waals surface area contributed by atoms with Crippen LogP contribution in [0, 0.1) is 0 Å². The summed E-state index contributed by atoms with van der Waals surface area (Å²) in [5.74, 6) is 0. The summed E-state index contributed by atoms with van der Waals surface area (Å²) in [6.07, 6.45) is 3.41. The molecule has 0 spiro atoms. The Labute approximate surface area is 163 Å². The molecule has 4 rings (SSSR count). The lowest BCUT2D eigenvalue weighted by molar-refractivity contribution is 0.765. The smallest absolute Gasteiger partial charge is 0.0340 e. The normalized spacial score (nSPS) is 11.1. The third-order valence-corrected chi connectivity index (χ3v) is 5.83. The monoisotopic (exact) mass is 403 g/mol. The number of fused-ring (bicyclic) bond motifs is 3. The Morgan fingerprint density at radius 2 is 1.19 bits per heavy atom. The average molecular weight is 404 g/mol. The van der Waals surface area contributed by atoms with E-state index in [1.54, 1.807) is 0 Å². The van der Waals surface area contributed by atoms with Crippen LogP contribution in [0.25, 0.3) is 21.5 Å². The van der Waals surface area contributed by atoms with E-state index in [2.05, 4.69) is 94.0 Å². The van der Waals surface area contributed by atoms with Crippen LogP contribution in [0.4, 0.5) is 5.69 Å². The van der Waals surface area contributed by atoms with Gasteiger partial charge in [-0.05, 0) is 74.4 Å². The fourth-order valence-electron chi connectivity index (χ4n) is 3.63. The highest BCUT2D eigenvalue weighted by atomic mass is 79.9. The molecule has 1 N–H and O–H groups in total. The predicted octanol–water partition coefficient (Wildman–Crippen LogP) is 7.19. The van der Waals surface area contributed by atoms with Crippen LogP contribution in [-0.2, 0) is 6.42 Å². The molecule has 4 aromatic carbocycles. The second-order valence-corrected chi connectivity index (χ2v) is 7.43. The van der Waals surface area contributed by atoms with Crippen molar-refractivity contribution in [3.8, 4) is 0 Å². The number of hydrogen-bond acceptors (Lipinski definition) is 1. The van der Waals surface area contributed by atoms with Gasteiger partial charge in [-0.3, -0.25) is 0 Å². The highest BCUT2D eigenvalue weighted by molar-refractivity contribution is 9.10. The third-order valence-electron chi connectivity index (χ3n) is 4.93. The summed E-state index contributed by atoms with van der Waals surface area (Å²) in [6, 6.07) is 27.9. The summed E-state index contributed by atoms with van der Waals surface area (Å²) in [7, 11) is 0. The Morgan fingerprint density at radius 1 is 0.615 bits per heavy atom. The molecule has 0 radical (unpaired) electrons. The van der Waals surface area contributed by atoms with Crippen molar-refractivity contribution in [3.63, 3.8) is 0 Å². The van der Waals surface area contributed by atoms with Gasteiger partial charge in [0, 0.05) is 16.7 Å². The molecule has 130 valence electrons. The molecule has 0 aliphatic carbocycles. The van der Waals surface area contributed by atoms with E-state index in [0.717, 1.165) is 19.4 Å². The summed E-state index contributed by atoms with van der Waals surface area (Å²) >= 11 is 3.89. The van der Waals surface area contributed by atoms with Gasteiger partial charge < -0.3 is 5.32 Å². The standard InChI is InChI=1S/C24H22BrN/c25-24-22-15-7-6-14-20(22)19-12-4-5-13-21(19)23(24)16-8-9-17-26-18-10-2-1-3-11-18/h1-7,10-15,26H,8-9,16-17H2. The van der Waals surface area contributed by atoms with Gasteiger partial charge in [-0.1, -0.05) is 66.7 Å². The van der Waals surface area contributed by atoms with Gasteiger partial charge in [0.2, 0.25) is 0 Å². The summed E-state index contributed by atoms with van der Waals surface area (Å²) in [6.45, 7) is 1.01. The zero-order valence-electron chi connectivity index (χ0n) is 14.7. The van der Waals surface area contributed by atoms with Crippen molar-refractivity contribution >= 4 is 43.2 Å². The van der Waals surface area contributed by atoms with Crippen molar-refractivity contribution < 1.29 is 0 Å². The van der Waals surface area contributed by atoms with Gasteiger partial charge in [-0.25, -0.2) is 0 Å². The Kier molecular flexibility index (Phi) is 5.21. The van der Waals surface area contributed by atoms with Crippen molar-refractivity contribution in [2.45, 2.75) is 19.3 Å². The first-order chi connectivity index (χ1) is 12.8. The zero-order valence-corrected chi connectivity index (χ0v) is 16.3. The molecule has 0 saturated heterocycles. The van der Waals surface area contributed by atoms with Crippen molar-refractivity contribution in [2.24, 2.45) is 0 Å². The molecule has 0 aliphatic rings. The van der Waals surface area contributed by atoms with Gasteiger partial charge in [0.15, 0.2) is 0 Å². The molecular weight excluding hydrogens is 382 g/mol. The molecule has 0 saturated carbocycles. The van der Waals surface area contributed by atoms with Crippen LogP contribution in [0.15, 0.2) is 83.3 Å². The molecular formula is C24H22BrN. The van der Waals surface area contributed by atoms with Gasteiger partial charge in [-0.15, -0.1) is 0 Å². The van der Waals surface area contributed by atoms with Crippen LogP contribution in [0.1, 0.15) is 18.4 Å². The maximum atomic E-state index is 3.89. The maximum Gasteiger partial charge on any atom is 0.0340 e. The van der Waals surface area contributed by atoms with Gasteiger partial charge in [0.05, 0.1) is 0 Å². The number of benzene rings is 4. The Morgan fingerprint density at radius 3 is 1.92 bits per heavy atom. The number of unbranched alkanes of at least 4 members (excludes halogenated alkanes) is 1. The second-order valence-electron chi connectivity index (χ2n) is 6.63. The summed E-state index contributed by atoms with van der Waals surface area (Å²) in [5, 5.41) is 8.85. The van der Waals surface area contributed by atoms with Gasteiger partial charge >= 0.3 is 0 Å². The van der Waals surface area contributed by atoms with E-state index < -0.39 is 0 Å². The Balaban J connectivity index is 1.53. The molecule has 26 heavy (non-hydrogen) atoms. The second kappa shape index (κ2) is 7.92. The van der Waals surface area contributed by atoms with Crippen LogP contribution >= 0.6 is 15.9 Å². The Bertz CT molecular complexity index is 1020. The molecule has 2 heteroatoms. The minimum absolute atomic E-state index is 1.01. The van der Waals surface area contributed by atoms with Crippen LogP contribution in [-0.4, -0.2) is 6.54 Å². The fraction of sp³-hybridized carbons (Fsp3) is 0.167. The quantitative estimate of drug-likeness (QED) is 0.265. The maximum absolute atomic E-state index is 3.89. The largest absolute Gasteiger partial charge is 0.385 e. The van der Waals surface area contributed by atoms with Crippen LogP contribution in [0.5, 0.6) is 0 Å². The first-order valence-corrected chi connectivity index (χ1v) is 10.0. The lowest BCUT2D eigenvalue weighted by Gasteiger charge is -2.14. The minimum atomic E-state index is 1.01. The summed E-state index contributed by atoms with van der Waals surface area (Å²) < 4.78 is 1.25. The highest BCUT2D eigenvalue weighted by Gasteiger charge is 2.11. The lowest BCUT2D eigenvalue weighted by atomic mass is 9.94.